The number of benzene rings is 1. The summed E-state index contributed by atoms with van der Waals surface area (Å²) in [7, 11) is 0. The van der Waals surface area contributed by atoms with E-state index in [2.05, 4.69) is 0 Å². The first-order chi connectivity index (χ1) is 9.11. The number of alkyl halides is 1. The smallest absolute Gasteiger partial charge is 0.223 e. The van der Waals surface area contributed by atoms with Gasteiger partial charge in [-0.25, -0.2) is 0 Å². The fraction of sp³-hybridized carbons (Fsp3) is 0.500. The Kier molecular flexibility index (Phi) is 5.37. The number of hydrogen-bond acceptors (Lipinski definition) is 1. The van der Waals surface area contributed by atoms with E-state index in [9.17, 15) is 4.79 Å². The van der Waals surface area contributed by atoms with Gasteiger partial charge in [-0.2, -0.15) is 0 Å². The zero-order valence-corrected chi connectivity index (χ0v) is 12.8. The first kappa shape index (κ1) is 15.0. The molecule has 0 atom stereocenters. The van der Waals surface area contributed by atoms with E-state index in [1.807, 2.05) is 17.0 Å². The van der Waals surface area contributed by atoms with Crippen LogP contribution in [0.25, 0.3) is 0 Å². The largest absolute Gasteiger partial charge is 0.335 e. The van der Waals surface area contributed by atoms with Gasteiger partial charge in [-0.05, 0) is 37.0 Å². The van der Waals surface area contributed by atoms with Crippen LogP contribution in [0.4, 0.5) is 0 Å². The fourth-order valence-corrected chi connectivity index (χ4v) is 2.46. The minimum absolute atomic E-state index is 0.175. The third-order valence-electron chi connectivity index (χ3n) is 3.17. The molecule has 5 heteroatoms. The molecule has 1 saturated carbocycles. The maximum Gasteiger partial charge on any atom is 0.223 e. The molecule has 1 amide bonds. The zero-order chi connectivity index (χ0) is 13.8. The van der Waals surface area contributed by atoms with Crippen molar-refractivity contribution >= 4 is 40.7 Å². The molecule has 1 aliphatic carbocycles. The number of amides is 1. The maximum atomic E-state index is 12.1. The van der Waals surface area contributed by atoms with E-state index in [1.54, 1.807) is 6.07 Å². The van der Waals surface area contributed by atoms with Gasteiger partial charge in [0.25, 0.3) is 0 Å². The Bertz CT molecular complexity index is 460. The average molecular weight is 321 g/mol. The second-order valence-electron chi connectivity index (χ2n) is 4.79. The van der Waals surface area contributed by atoms with E-state index in [0.29, 0.717) is 34.9 Å². The van der Waals surface area contributed by atoms with Crippen molar-refractivity contribution < 1.29 is 4.79 Å². The summed E-state index contributed by atoms with van der Waals surface area (Å²) < 4.78 is 0. The molecular weight excluding hydrogens is 305 g/mol. The van der Waals surface area contributed by atoms with Gasteiger partial charge in [0.15, 0.2) is 0 Å². The van der Waals surface area contributed by atoms with E-state index >= 15 is 0 Å². The number of carbonyl (C=O) groups excluding carboxylic acids is 1. The van der Waals surface area contributed by atoms with Crippen LogP contribution in [0.15, 0.2) is 18.2 Å². The van der Waals surface area contributed by atoms with Gasteiger partial charge in [0, 0.05) is 24.9 Å². The average Bonchev–Trinajstić information content (AvgIpc) is 3.21. The van der Waals surface area contributed by atoms with Crippen LogP contribution >= 0.6 is 34.8 Å². The van der Waals surface area contributed by atoms with E-state index in [-0.39, 0.29) is 5.91 Å². The second kappa shape index (κ2) is 6.83. The highest BCUT2D eigenvalue weighted by molar-refractivity contribution is 6.42. The van der Waals surface area contributed by atoms with Crippen LogP contribution < -0.4 is 0 Å². The van der Waals surface area contributed by atoms with Crippen molar-refractivity contribution in [2.45, 2.75) is 38.3 Å². The van der Waals surface area contributed by atoms with Gasteiger partial charge < -0.3 is 4.90 Å². The molecule has 19 heavy (non-hydrogen) atoms. The molecule has 2 rings (SSSR count). The molecular formula is C14H16Cl3NO. The molecule has 0 heterocycles. The van der Waals surface area contributed by atoms with Gasteiger partial charge in [-0.3, -0.25) is 4.79 Å². The molecule has 0 radical (unpaired) electrons. The third kappa shape index (κ3) is 4.27. The van der Waals surface area contributed by atoms with Crippen molar-refractivity contribution in [2.24, 2.45) is 0 Å². The number of halogens is 3. The first-order valence-corrected chi connectivity index (χ1v) is 7.70. The minimum Gasteiger partial charge on any atom is -0.335 e. The maximum absolute atomic E-state index is 12.1. The van der Waals surface area contributed by atoms with Crippen LogP contribution in [0.2, 0.25) is 10.0 Å². The van der Waals surface area contributed by atoms with Crippen molar-refractivity contribution in [1.82, 2.24) is 4.90 Å². The highest BCUT2D eigenvalue weighted by Crippen LogP contribution is 2.30. The fourth-order valence-electron chi connectivity index (χ4n) is 2.00. The lowest BCUT2D eigenvalue weighted by atomic mass is 10.2. The molecule has 104 valence electrons. The van der Waals surface area contributed by atoms with Crippen LogP contribution in [0.1, 0.15) is 31.2 Å². The van der Waals surface area contributed by atoms with E-state index in [4.69, 9.17) is 34.8 Å². The monoisotopic (exact) mass is 319 g/mol. The molecule has 2 nitrogen and oxygen atoms in total. The summed E-state index contributed by atoms with van der Waals surface area (Å²) in [4.78, 5) is 14.1. The summed E-state index contributed by atoms with van der Waals surface area (Å²) >= 11 is 17.5. The summed E-state index contributed by atoms with van der Waals surface area (Å²) in [6.45, 7) is 0.600. The Morgan fingerprint density at radius 1 is 1.26 bits per heavy atom. The predicted octanol–water partition coefficient (Wildman–Crippen LogP) is 4.50. The molecule has 1 aromatic rings. The van der Waals surface area contributed by atoms with Crippen molar-refractivity contribution in [2.75, 3.05) is 5.88 Å². The van der Waals surface area contributed by atoms with Crippen LogP contribution in [0.5, 0.6) is 0 Å². The Balaban J connectivity index is 2.03. The van der Waals surface area contributed by atoms with E-state index in [0.717, 1.165) is 24.8 Å². The van der Waals surface area contributed by atoms with Crippen LogP contribution in [0.3, 0.4) is 0 Å². The van der Waals surface area contributed by atoms with Gasteiger partial charge >= 0.3 is 0 Å². The second-order valence-corrected chi connectivity index (χ2v) is 5.99. The molecule has 1 fully saturated rings. The standard InChI is InChI=1S/C14H16Cl3NO/c15-7-1-2-14(19)18(11-4-5-11)9-10-3-6-12(16)13(17)8-10/h3,6,8,11H,1-2,4-5,7,9H2. The lowest BCUT2D eigenvalue weighted by Crippen LogP contribution is -2.32. The number of carbonyl (C=O) groups is 1. The van der Waals surface area contributed by atoms with Crippen molar-refractivity contribution in [3.63, 3.8) is 0 Å². The molecule has 0 saturated heterocycles. The minimum atomic E-state index is 0.175. The quantitative estimate of drug-likeness (QED) is 0.707. The summed E-state index contributed by atoms with van der Waals surface area (Å²) in [6.07, 6.45) is 3.42. The lowest BCUT2D eigenvalue weighted by molar-refractivity contribution is -0.132. The van der Waals surface area contributed by atoms with Crippen LogP contribution in [-0.4, -0.2) is 22.7 Å². The summed E-state index contributed by atoms with van der Waals surface area (Å²) in [5.74, 6) is 0.700. The summed E-state index contributed by atoms with van der Waals surface area (Å²) in [6, 6.07) is 5.90. The first-order valence-electron chi connectivity index (χ1n) is 6.41. The molecule has 0 N–H and O–H groups in total. The van der Waals surface area contributed by atoms with Crippen LogP contribution in [0, 0.1) is 0 Å². The molecule has 0 bridgehead atoms. The zero-order valence-electron chi connectivity index (χ0n) is 10.5. The Morgan fingerprint density at radius 2 is 2.00 bits per heavy atom. The number of hydrogen-bond donors (Lipinski definition) is 0. The summed E-state index contributed by atoms with van der Waals surface area (Å²) in [5, 5.41) is 1.07. The van der Waals surface area contributed by atoms with Crippen molar-refractivity contribution in [3.05, 3.63) is 33.8 Å². The number of rotatable bonds is 6. The lowest BCUT2D eigenvalue weighted by Gasteiger charge is -2.22. The molecule has 1 aliphatic rings. The van der Waals surface area contributed by atoms with Crippen molar-refractivity contribution in [1.29, 1.82) is 0 Å². The molecule has 0 spiro atoms. The number of nitrogens with zero attached hydrogens (tertiary/aromatic N) is 1. The summed E-state index contributed by atoms with van der Waals surface area (Å²) in [5.41, 5.74) is 1.01. The SMILES string of the molecule is O=C(CCCCl)N(Cc1ccc(Cl)c(Cl)c1)C1CC1. The third-order valence-corrected chi connectivity index (χ3v) is 4.18. The van der Waals surface area contributed by atoms with Gasteiger partial charge in [0.1, 0.15) is 0 Å². The molecule has 0 unspecified atom stereocenters. The predicted molar refractivity (Wildman–Crippen MR) is 80.0 cm³/mol. The molecule has 1 aromatic carbocycles. The van der Waals surface area contributed by atoms with Crippen molar-refractivity contribution in [3.8, 4) is 0 Å². The Labute approximate surface area is 128 Å². The van der Waals surface area contributed by atoms with Gasteiger partial charge in [-0.1, -0.05) is 29.3 Å². The Hall–Kier alpha value is -0.440. The van der Waals surface area contributed by atoms with Crippen LogP contribution in [-0.2, 0) is 11.3 Å². The van der Waals surface area contributed by atoms with E-state index < -0.39 is 0 Å². The normalized spacial score (nSPS) is 14.5. The highest BCUT2D eigenvalue weighted by Gasteiger charge is 2.32. The highest BCUT2D eigenvalue weighted by atomic mass is 35.5. The van der Waals surface area contributed by atoms with Gasteiger partial charge in [0.05, 0.1) is 10.0 Å². The molecule has 0 aromatic heterocycles. The van der Waals surface area contributed by atoms with E-state index in [1.165, 1.54) is 0 Å². The topological polar surface area (TPSA) is 20.3 Å². The van der Waals surface area contributed by atoms with Gasteiger partial charge in [0.2, 0.25) is 5.91 Å². The molecule has 0 aliphatic heterocycles. The van der Waals surface area contributed by atoms with Gasteiger partial charge in [-0.15, -0.1) is 11.6 Å². The Morgan fingerprint density at radius 3 is 2.58 bits per heavy atom.